The third kappa shape index (κ3) is 3.16. The molecule has 5 nitrogen and oxygen atoms in total. The van der Waals surface area contributed by atoms with E-state index in [0.717, 1.165) is 5.39 Å². The molecular weight excluding hydrogens is 288 g/mol. The van der Waals surface area contributed by atoms with Crippen LogP contribution in [0.15, 0.2) is 28.7 Å². The van der Waals surface area contributed by atoms with Crippen molar-refractivity contribution in [1.29, 1.82) is 0 Å². The topological polar surface area (TPSA) is 68.7 Å². The normalized spacial score (nSPS) is 10.9. The smallest absolute Gasteiger partial charge is 0.260 e. The van der Waals surface area contributed by atoms with Gasteiger partial charge in [0.05, 0.1) is 5.39 Å². The lowest BCUT2D eigenvalue weighted by Gasteiger charge is -2.21. The van der Waals surface area contributed by atoms with Gasteiger partial charge in [0.2, 0.25) is 5.76 Å². The number of fused-ring (bicyclic) bond motifs is 1. The Bertz CT molecular complexity index is 679. The maximum atomic E-state index is 12.0. The van der Waals surface area contributed by atoms with Gasteiger partial charge in [-0.1, -0.05) is 24.4 Å². The highest BCUT2D eigenvalue weighted by atomic mass is 32.1. The lowest BCUT2D eigenvalue weighted by atomic mass is 10.2. The van der Waals surface area contributed by atoms with Crippen LogP contribution in [0.25, 0.3) is 11.0 Å². The van der Waals surface area contributed by atoms with E-state index >= 15 is 0 Å². The highest BCUT2D eigenvalue weighted by molar-refractivity contribution is 7.80. The lowest BCUT2D eigenvalue weighted by molar-refractivity contribution is -0.133. The molecule has 6 heteroatoms. The van der Waals surface area contributed by atoms with Gasteiger partial charge in [-0.3, -0.25) is 4.79 Å². The summed E-state index contributed by atoms with van der Waals surface area (Å²) in [6.45, 7) is 3.78. The minimum atomic E-state index is -0.121. The lowest BCUT2D eigenvalue weighted by Crippen LogP contribution is -2.36. The van der Waals surface area contributed by atoms with E-state index in [1.807, 2.05) is 32.0 Å². The van der Waals surface area contributed by atoms with Crippen molar-refractivity contribution in [2.45, 2.75) is 19.9 Å². The molecule has 2 N–H and O–H groups in total. The van der Waals surface area contributed by atoms with Crippen LogP contribution in [0.4, 0.5) is 0 Å². The van der Waals surface area contributed by atoms with E-state index in [-0.39, 0.29) is 23.5 Å². The van der Waals surface area contributed by atoms with Gasteiger partial charge < -0.3 is 19.8 Å². The van der Waals surface area contributed by atoms with E-state index in [2.05, 4.69) is 0 Å². The first-order valence-corrected chi connectivity index (χ1v) is 7.02. The third-order valence-electron chi connectivity index (χ3n) is 3.28. The minimum absolute atomic E-state index is 0.0895. The summed E-state index contributed by atoms with van der Waals surface area (Å²) in [6, 6.07) is 7.45. The number of likely N-dealkylation sites (N-methyl/N-ethyl adjacent to an activating group) is 1. The van der Waals surface area contributed by atoms with E-state index < -0.39 is 0 Å². The zero-order chi connectivity index (χ0) is 15.6. The Hall–Kier alpha value is -2.08. The van der Waals surface area contributed by atoms with Gasteiger partial charge in [0.25, 0.3) is 5.91 Å². The van der Waals surface area contributed by atoms with Crippen LogP contribution in [0.3, 0.4) is 0 Å². The van der Waals surface area contributed by atoms with E-state index in [4.69, 9.17) is 27.1 Å². The molecule has 2 aromatic rings. The second-order valence-electron chi connectivity index (χ2n) is 5.01. The van der Waals surface area contributed by atoms with Crippen molar-refractivity contribution >= 4 is 34.1 Å². The number of carbonyl (C=O) groups is 1. The number of rotatable bonds is 5. The molecule has 0 aliphatic carbocycles. The Morgan fingerprint density at radius 1 is 1.43 bits per heavy atom. The van der Waals surface area contributed by atoms with Gasteiger partial charge in [0.15, 0.2) is 12.4 Å². The first kappa shape index (κ1) is 15.3. The molecule has 0 spiro atoms. The van der Waals surface area contributed by atoms with Crippen molar-refractivity contribution in [1.82, 2.24) is 4.90 Å². The fourth-order valence-electron chi connectivity index (χ4n) is 1.85. The Balaban J connectivity index is 2.27. The molecule has 112 valence electrons. The SMILES string of the molecule is CC(C)N(C)C(=O)COc1c(C(N)=S)oc2ccccc12. The molecule has 21 heavy (non-hydrogen) atoms. The molecule has 0 atom stereocenters. The summed E-state index contributed by atoms with van der Waals surface area (Å²) in [6.07, 6.45) is 0. The van der Waals surface area contributed by atoms with Crippen LogP contribution in [0.1, 0.15) is 19.6 Å². The summed E-state index contributed by atoms with van der Waals surface area (Å²) in [5, 5.41) is 0.750. The fraction of sp³-hybridized carbons (Fsp3) is 0.333. The second-order valence-corrected chi connectivity index (χ2v) is 5.45. The van der Waals surface area contributed by atoms with Crippen LogP contribution in [-0.2, 0) is 4.79 Å². The van der Waals surface area contributed by atoms with Crippen LogP contribution in [0.5, 0.6) is 5.75 Å². The van der Waals surface area contributed by atoms with Gasteiger partial charge in [0, 0.05) is 13.1 Å². The monoisotopic (exact) mass is 306 g/mol. The number of nitrogens with two attached hydrogens (primary N) is 1. The first-order chi connectivity index (χ1) is 9.91. The van der Waals surface area contributed by atoms with Crippen LogP contribution in [-0.4, -0.2) is 35.5 Å². The van der Waals surface area contributed by atoms with Crippen molar-refractivity contribution < 1.29 is 13.9 Å². The van der Waals surface area contributed by atoms with Gasteiger partial charge in [-0.05, 0) is 26.0 Å². The molecule has 0 bridgehead atoms. The third-order valence-corrected chi connectivity index (χ3v) is 3.47. The molecule has 0 saturated carbocycles. The zero-order valence-electron chi connectivity index (χ0n) is 12.3. The van der Waals surface area contributed by atoms with Crippen LogP contribution in [0, 0.1) is 0 Å². The maximum absolute atomic E-state index is 12.0. The largest absolute Gasteiger partial charge is 0.479 e. The number of hydrogen-bond donors (Lipinski definition) is 1. The fourth-order valence-corrected chi connectivity index (χ4v) is 1.99. The Morgan fingerprint density at radius 2 is 2.10 bits per heavy atom. The van der Waals surface area contributed by atoms with Crippen molar-refractivity contribution in [2.24, 2.45) is 5.73 Å². The quantitative estimate of drug-likeness (QED) is 0.859. The molecule has 0 fully saturated rings. The number of thiocarbonyl (C=S) groups is 1. The van der Waals surface area contributed by atoms with Crippen molar-refractivity contribution in [2.75, 3.05) is 13.7 Å². The number of para-hydroxylation sites is 1. The molecule has 0 saturated heterocycles. The summed E-state index contributed by atoms with van der Waals surface area (Å²) in [5.41, 5.74) is 6.28. The zero-order valence-corrected chi connectivity index (χ0v) is 13.1. The average molecular weight is 306 g/mol. The number of nitrogens with zero attached hydrogens (tertiary/aromatic N) is 1. The Morgan fingerprint density at radius 3 is 2.71 bits per heavy atom. The number of ether oxygens (including phenoxy) is 1. The van der Waals surface area contributed by atoms with E-state index in [1.165, 1.54) is 0 Å². The average Bonchev–Trinajstić information content (AvgIpc) is 2.82. The molecule has 1 aromatic heterocycles. The molecule has 0 aliphatic heterocycles. The van der Waals surface area contributed by atoms with Crippen molar-refractivity contribution in [3.05, 3.63) is 30.0 Å². The molecule has 1 heterocycles. The molecule has 0 aliphatic rings. The summed E-state index contributed by atoms with van der Waals surface area (Å²) in [7, 11) is 1.73. The minimum Gasteiger partial charge on any atom is -0.479 e. The number of benzene rings is 1. The van der Waals surface area contributed by atoms with Gasteiger partial charge in [-0.15, -0.1) is 0 Å². The van der Waals surface area contributed by atoms with Gasteiger partial charge in [0.1, 0.15) is 10.6 Å². The maximum Gasteiger partial charge on any atom is 0.260 e. The highest BCUT2D eigenvalue weighted by Gasteiger charge is 2.20. The van der Waals surface area contributed by atoms with E-state index in [9.17, 15) is 4.79 Å². The van der Waals surface area contributed by atoms with Gasteiger partial charge >= 0.3 is 0 Å². The predicted octanol–water partition coefficient (Wildman–Crippen LogP) is 2.31. The summed E-state index contributed by atoms with van der Waals surface area (Å²) >= 11 is 4.97. The van der Waals surface area contributed by atoms with Crippen LogP contribution < -0.4 is 10.5 Å². The highest BCUT2D eigenvalue weighted by Crippen LogP contribution is 2.33. The second kappa shape index (κ2) is 6.13. The molecule has 0 unspecified atom stereocenters. The summed E-state index contributed by atoms with van der Waals surface area (Å²) in [4.78, 5) is 13.7. The Labute approximate surface area is 128 Å². The molecular formula is C15H18N2O3S. The van der Waals surface area contributed by atoms with Crippen molar-refractivity contribution in [3.8, 4) is 5.75 Å². The number of hydrogen-bond acceptors (Lipinski definition) is 4. The van der Waals surface area contributed by atoms with Crippen molar-refractivity contribution in [3.63, 3.8) is 0 Å². The number of amides is 1. The van der Waals surface area contributed by atoms with E-state index in [1.54, 1.807) is 18.0 Å². The number of furan rings is 1. The predicted molar refractivity (Wildman–Crippen MR) is 85.5 cm³/mol. The summed E-state index contributed by atoms with van der Waals surface area (Å²) < 4.78 is 11.2. The standard InChI is InChI=1S/C15H18N2O3S/c1-9(2)17(3)12(18)8-19-13-10-6-4-5-7-11(10)20-14(13)15(16)21/h4-7,9H,8H2,1-3H3,(H2,16,21). The molecule has 0 radical (unpaired) electrons. The van der Waals surface area contributed by atoms with Crippen LogP contribution >= 0.6 is 12.2 Å². The first-order valence-electron chi connectivity index (χ1n) is 6.61. The number of carbonyl (C=O) groups excluding carboxylic acids is 1. The molecule has 1 aromatic carbocycles. The van der Waals surface area contributed by atoms with Crippen LogP contribution in [0.2, 0.25) is 0 Å². The van der Waals surface area contributed by atoms with E-state index in [0.29, 0.717) is 17.1 Å². The van der Waals surface area contributed by atoms with Gasteiger partial charge in [-0.2, -0.15) is 0 Å². The molecule has 2 rings (SSSR count). The summed E-state index contributed by atoms with van der Waals surface area (Å²) in [5.74, 6) is 0.596. The molecule has 1 amide bonds. The van der Waals surface area contributed by atoms with Gasteiger partial charge in [-0.25, -0.2) is 0 Å². The Kier molecular flexibility index (Phi) is 4.47.